The van der Waals surface area contributed by atoms with Crippen LogP contribution >= 0.6 is 27.7 Å². The lowest BCUT2D eigenvalue weighted by molar-refractivity contribution is -0.121. The number of allylic oxidation sites excluding steroid dienone is 1. The van der Waals surface area contributed by atoms with E-state index in [1.54, 1.807) is 12.1 Å². The number of rotatable bonds is 5. The van der Waals surface area contributed by atoms with Gasteiger partial charge in [0.2, 0.25) is 11.8 Å². The second-order valence-corrected chi connectivity index (χ2v) is 7.82. The number of benzene rings is 2. The molecule has 1 aliphatic heterocycles. The van der Waals surface area contributed by atoms with E-state index in [4.69, 9.17) is 0 Å². The Morgan fingerprint density at radius 3 is 2.59 bits per heavy atom. The number of amides is 2. The van der Waals surface area contributed by atoms with E-state index in [2.05, 4.69) is 32.6 Å². The summed E-state index contributed by atoms with van der Waals surface area (Å²) in [6.07, 6.45) is 0.213. The first-order valence-corrected chi connectivity index (χ1v) is 10.0. The van der Waals surface area contributed by atoms with Crippen LogP contribution in [0.4, 0.5) is 5.69 Å². The molecule has 5 nitrogen and oxygen atoms in total. The van der Waals surface area contributed by atoms with Gasteiger partial charge in [-0.3, -0.25) is 9.59 Å². The van der Waals surface area contributed by atoms with E-state index in [-0.39, 0.29) is 29.9 Å². The summed E-state index contributed by atoms with van der Waals surface area (Å²) in [5.41, 5.74) is 2.09. The van der Waals surface area contributed by atoms with Crippen LogP contribution in [0.2, 0.25) is 0 Å². The minimum Gasteiger partial charge on any atom is -0.325 e. The summed E-state index contributed by atoms with van der Waals surface area (Å²) in [7, 11) is 0. The van der Waals surface area contributed by atoms with Gasteiger partial charge in [-0.05, 0) is 29.8 Å². The minimum atomic E-state index is -0.309. The summed E-state index contributed by atoms with van der Waals surface area (Å²) in [5.74, 6) is -0.566. The third-order valence-corrected chi connectivity index (χ3v) is 5.58. The highest BCUT2D eigenvalue weighted by Gasteiger charge is 2.29. The van der Waals surface area contributed by atoms with Gasteiger partial charge in [-0.1, -0.05) is 58.0 Å². The summed E-state index contributed by atoms with van der Waals surface area (Å²) in [6, 6.07) is 18.9. The fourth-order valence-corrected chi connectivity index (χ4v) is 3.91. The SMILES string of the molecule is N#CC1=C(SCC(=O)Nc2ccccc2)NC(=O)C[C@H]1c1ccc(Br)cc1. The van der Waals surface area contributed by atoms with Crippen molar-refractivity contribution in [1.82, 2.24) is 5.32 Å². The van der Waals surface area contributed by atoms with Crippen molar-refractivity contribution in [3.63, 3.8) is 0 Å². The molecule has 2 aromatic rings. The molecule has 27 heavy (non-hydrogen) atoms. The molecule has 0 unspecified atom stereocenters. The first kappa shape index (κ1) is 19.2. The summed E-state index contributed by atoms with van der Waals surface area (Å²) in [5, 5.41) is 15.6. The summed E-state index contributed by atoms with van der Waals surface area (Å²) in [6.45, 7) is 0. The molecule has 0 spiro atoms. The molecule has 7 heteroatoms. The molecule has 0 saturated heterocycles. The number of para-hydroxylation sites is 1. The molecule has 0 aliphatic carbocycles. The lowest BCUT2D eigenvalue weighted by Gasteiger charge is -2.25. The van der Waals surface area contributed by atoms with Crippen molar-refractivity contribution in [2.24, 2.45) is 0 Å². The van der Waals surface area contributed by atoms with Gasteiger partial charge in [0.15, 0.2) is 0 Å². The van der Waals surface area contributed by atoms with E-state index >= 15 is 0 Å². The maximum Gasteiger partial charge on any atom is 0.234 e. The summed E-state index contributed by atoms with van der Waals surface area (Å²) in [4.78, 5) is 24.3. The number of halogens is 1. The van der Waals surface area contributed by atoms with Gasteiger partial charge in [-0.2, -0.15) is 5.26 Å². The quantitative estimate of drug-likeness (QED) is 0.729. The van der Waals surface area contributed by atoms with Gasteiger partial charge in [-0.15, -0.1) is 0 Å². The number of nitriles is 1. The molecule has 1 atom stereocenters. The lowest BCUT2D eigenvalue weighted by atomic mass is 9.87. The summed E-state index contributed by atoms with van der Waals surface area (Å²) >= 11 is 4.56. The molecule has 2 amide bonds. The molecular formula is C20H16BrN3O2S. The predicted octanol–water partition coefficient (Wildman–Crippen LogP) is 4.16. The van der Waals surface area contributed by atoms with Crippen molar-refractivity contribution < 1.29 is 9.59 Å². The highest BCUT2D eigenvalue weighted by Crippen LogP contribution is 2.36. The Morgan fingerprint density at radius 1 is 1.22 bits per heavy atom. The van der Waals surface area contributed by atoms with Gasteiger partial charge in [0.25, 0.3) is 0 Å². The number of hydrogen-bond donors (Lipinski definition) is 2. The number of thioether (sulfide) groups is 1. The number of carbonyl (C=O) groups is 2. The van der Waals surface area contributed by atoms with Crippen LogP contribution in [-0.2, 0) is 9.59 Å². The Morgan fingerprint density at radius 2 is 1.93 bits per heavy atom. The molecule has 2 N–H and O–H groups in total. The zero-order chi connectivity index (χ0) is 19.2. The van der Waals surface area contributed by atoms with Crippen LogP contribution in [0.3, 0.4) is 0 Å². The van der Waals surface area contributed by atoms with Gasteiger partial charge in [0, 0.05) is 22.5 Å². The first-order chi connectivity index (χ1) is 13.1. The number of nitrogens with zero attached hydrogens (tertiary/aromatic N) is 1. The smallest absolute Gasteiger partial charge is 0.234 e. The molecule has 2 aromatic carbocycles. The topological polar surface area (TPSA) is 82.0 Å². The average Bonchev–Trinajstić information content (AvgIpc) is 2.67. The summed E-state index contributed by atoms with van der Waals surface area (Å²) < 4.78 is 0.932. The van der Waals surface area contributed by atoms with Crippen LogP contribution < -0.4 is 10.6 Å². The van der Waals surface area contributed by atoms with E-state index in [1.807, 2.05) is 42.5 Å². The molecule has 3 rings (SSSR count). The van der Waals surface area contributed by atoms with Crippen molar-refractivity contribution in [2.45, 2.75) is 12.3 Å². The monoisotopic (exact) mass is 441 g/mol. The van der Waals surface area contributed by atoms with Crippen molar-refractivity contribution in [2.75, 3.05) is 11.1 Å². The van der Waals surface area contributed by atoms with Crippen LogP contribution in [0.1, 0.15) is 17.9 Å². The van der Waals surface area contributed by atoms with Gasteiger partial charge in [0.1, 0.15) is 0 Å². The Kier molecular flexibility index (Phi) is 6.32. The van der Waals surface area contributed by atoms with E-state index < -0.39 is 0 Å². The van der Waals surface area contributed by atoms with Crippen molar-refractivity contribution in [3.8, 4) is 6.07 Å². The third-order valence-electron chi connectivity index (χ3n) is 4.03. The molecule has 1 heterocycles. The predicted molar refractivity (Wildman–Crippen MR) is 110 cm³/mol. The van der Waals surface area contributed by atoms with E-state index in [1.165, 1.54) is 11.8 Å². The molecule has 1 aliphatic rings. The Balaban J connectivity index is 1.75. The van der Waals surface area contributed by atoms with E-state index in [9.17, 15) is 14.9 Å². The molecular weight excluding hydrogens is 426 g/mol. The largest absolute Gasteiger partial charge is 0.325 e. The highest BCUT2D eigenvalue weighted by atomic mass is 79.9. The Labute approximate surface area is 170 Å². The molecule has 0 radical (unpaired) electrons. The maximum atomic E-state index is 12.2. The zero-order valence-corrected chi connectivity index (χ0v) is 16.6. The second-order valence-electron chi connectivity index (χ2n) is 5.91. The van der Waals surface area contributed by atoms with E-state index in [0.29, 0.717) is 16.3 Å². The van der Waals surface area contributed by atoms with Crippen LogP contribution in [0.25, 0.3) is 0 Å². The zero-order valence-electron chi connectivity index (χ0n) is 14.2. The van der Waals surface area contributed by atoms with Gasteiger partial charge in [-0.25, -0.2) is 0 Å². The molecule has 0 saturated carbocycles. The highest BCUT2D eigenvalue weighted by molar-refractivity contribution is 9.10. The van der Waals surface area contributed by atoms with Gasteiger partial charge < -0.3 is 10.6 Å². The second kappa shape index (κ2) is 8.89. The molecule has 136 valence electrons. The fourth-order valence-electron chi connectivity index (χ4n) is 2.77. The normalized spacial score (nSPS) is 16.4. The van der Waals surface area contributed by atoms with Crippen molar-refractivity contribution in [1.29, 1.82) is 5.26 Å². The van der Waals surface area contributed by atoms with Crippen molar-refractivity contribution >= 4 is 45.2 Å². The molecule has 0 bridgehead atoms. The molecule has 0 fully saturated rings. The third kappa shape index (κ3) is 5.00. The average molecular weight is 442 g/mol. The number of hydrogen-bond acceptors (Lipinski definition) is 4. The minimum absolute atomic E-state index is 0.0999. The molecule has 0 aromatic heterocycles. The first-order valence-electron chi connectivity index (χ1n) is 8.24. The van der Waals surface area contributed by atoms with Crippen LogP contribution in [0.15, 0.2) is 69.7 Å². The van der Waals surface area contributed by atoms with Crippen LogP contribution in [-0.4, -0.2) is 17.6 Å². The maximum absolute atomic E-state index is 12.2. The van der Waals surface area contributed by atoms with Crippen LogP contribution in [0, 0.1) is 11.3 Å². The number of carbonyl (C=O) groups excluding carboxylic acids is 2. The van der Waals surface area contributed by atoms with Gasteiger partial charge in [0.05, 0.1) is 22.4 Å². The number of anilines is 1. The van der Waals surface area contributed by atoms with Gasteiger partial charge >= 0.3 is 0 Å². The Bertz CT molecular complexity index is 920. The number of nitrogens with one attached hydrogen (secondary N) is 2. The van der Waals surface area contributed by atoms with Crippen LogP contribution in [0.5, 0.6) is 0 Å². The van der Waals surface area contributed by atoms with E-state index in [0.717, 1.165) is 10.0 Å². The Hall–Kier alpha value is -2.56. The lowest BCUT2D eigenvalue weighted by Crippen LogP contribution is -2.31. The fraction of sp³-hybridized carbons (Fsp3) is 0.150. The standard InChI is InChI=1S/C20H16BrN3O2S/c21-14-8-6-13(7-9-14)16-10-18(25)24-20(17(16)11-22)27-12-19(26)23-15-4-2-1-3-5-15/h1-9,16H,10,12H2,(H,23,26)(H,24,25)/t16-/m0/s1. The van der Waals surface area contributed by atoms with Crippen molar-refractivity contribution in [3.05, 3.63) is 75.2 Å².